The normalized spacial score (nSPS) is 16.1. The molecule has 5 heteroatoms. The number of aliphatic imine (C=N–C) groups is 1. The lowest BCUT2D eigenvalue weighted by Gasteiger charge is -2.27. The lowest BCUT2D eigenvalue weighted by Crippen LogP contribution is -2.37. The van der Waals surface area contributed by atoms with Crippen molar-refractivity contribution >= 4 is 5.96 Å². The van der Waals surface area contributed by atoms with E-state index in [1.807, 2.05) is 6.08 Å². The molecule has 2 rings (SSSR count). The monoisotopic (exact) mass is 316 g/mol. The Hall–Kier alpha value is -1.85. The molecule has 0 spiro atoms. The van der Waals surface area contributed by atoms with Crippen molar-refractivity contribution < 1.29 is 4.74 Å². The zero-order chi connectivity index (χ0) is 16.3. The number of nitrogens with one attached hydrogen (secondary N) is 2. The molecule has 0 aromatic heterocycles. The molecule has 1 saturated heterocycles. The number of nitrogens with zero attached hydrogens (tertiary/aromatic N) is 2. The van der Waals surface area contributed by atoms with Crippen LogP contribution in [0.25, 0.3) is 0 Å². The first-order valence-electron chi connectivity index (χ1n) is 8.33. The molecule has 5 nitrogen and oxygen atoms in total. The van der Waals surface area contributed by atoms with E-state index in [1.165, 1.54) is 11.1 Å². The molecule has 0 amide bonds. The minimum Gasteiger partial charge on any atom is -0.379 e. The summed E-state index contributed by atoms with van der Waals surface area (Å²) in [6.45, 7) is 12.7. The van der Waals surface area contributed by atoms with Gasteiger partial charge in [0.15, 0.2) is 5.96 Å². The van der Waals surface area contributed by atoms with Crippen LogP contribution in [0.2, 0.25) is 0 Å². The van der Waals surface area contributed by atoms with Crippen LogP contribution < -0.4 is 10.6 Å². The van der Waals surface area contributed by atoms with Gasteiger partial charge in [0.2, 0.25) is 0 Å². The van der Waals surface area contributed by atoms with Crippen molar-refractivity contribution in [3.05, 3.63) is 48.0 Å². The molecule has 1 aromatic rings. The van der Waals surface area contributed by atoms with Gasteiger partial charge in [-0.25, -0.2) is 4.99 Å². The number of ether oxygens (including phenoxy) is 1. The average Bonchev–Trinajstić information content (AvgIpc) is 2.59. The highest BCUT2D eigenvalue weighted by atomic mass is 16.5. The Balaban J connectivity index is 2.01. The Bertz CT molecular complexity index is 509. The van der Waals surface area contributed by atoms with E-state index in [-0.39, 0.29) is 0 Å². The molecule has 2 N–H and O–H groups in total. The summed E-state index contributed by atoms with van der Waals surface area (Å²) < 4.78 is 5.42. The molecule has 1 fully saturated rings. The van der Waals surface area contributed by atoms with Crippen molar-refractivity contribution in [3.63, 3.8) is 0 Å². The molecule has 1 aliphatic heterocycles. The molecule has 23 heavy (non-hydrogen) atoms. The lowest BCUT2D eigenvalue weighted by atomic mass is 10.1. The maximum Gasteiger partial charge on any atom is 0.191 e. The van der Waals surface area contributed by atoms with Gasteiger partial charge in [0.25, 0.3) is 0 Å². The Labute approximate surface area is 139 Å². The molecule has 1 aliphatic rings. The summed E-state index contributed by atoms with van der Waals surface area (Å²) >= 11 is 0. The summed E-state index contributed by atoms with van der Waals surface area (Å²) in [6, 6.07) is 8.54. The van der Waals surface area contributed by atoms with Crippen molar-refractivity contribution in [3.8, 4) is 0 Å². The van der Waals surface area contributed by atoms with Gasteiger partial charge in [0.1, 0.15) is 0 Å². The molecular formula is C18H28N4O. The SMILES string of the molecule is C=CCNC(=NCc1ccccc1CN1CCOCC1)NCC. The maximum atomic E-state index is 5.42. The van der Waals surface area contributed by atoms with Crippen molar-refractivity contribution in [2.24, 2.45) is 4.99 Å². The van der Waals surface area contributed by atoms with Gasteiger partial charge in [-0.3, -0.25) is 4.90 Å². The maximum absolute atomic E-state index is 5.42. The van der Waals surface area contributed by atoms with Gasteiger partial charge in [-0.2, -0.15) is 0 Å². The lowest BCUT2D eigenvalue weighted by molar-refractivity contribution is 0.0341. The zero-order valence-electron chi connectivity index (χ0n) is 14.1. The third-order valence-corrected chi connectivity index (χ3v) is 3.78. The Morgan fingerprint density at radius 3 is 2.70 bits per heavy atom. The highest BCUT2D eigenvalue weighted by molar-refractivity contribution is 5.79. The summed E-state index contributed by atoms with van der Waals surface area (Å²) in [4.78, 5) is 7.12. The standard InChI is InChI=1S/C18H28N4O/c1-3-9-20-18(19-4-2)21-14-16-7-5-6-8-17(16)15-22-10-12-23-13-11-22/h3,5-8H,1,4,9-15H2,2H3,(H2,19,20,21). The topological polar surface area (TPSA) is 48.9 Å². The van der Waals surface area contributed by atoms with Crippen LogP contribution in [0.1, 0.15) is 18.1 Å². The summed E-state index contributed by atoms with van der Waals surface area (Å²) in [5.41, 5.74) is 2.62. The van der Waals surface area contributed by atoms with Crippen molar-refractivity contribution in [2.75, 3.05) is 39.4 Å². The van der Waals surface area contributed by atoms with Crippen LogP contribution in [0, 0.1) is 0 Å². The molecule has 1 heterocycles. The molecule has 0 aliphatic carbocycles. The fraction of sp³-hybridized carbons (Fsp3) is 0.500. The Morgan fingerprint density at radius 1 is 1.26 bits per heavy atom. The zero-order valence-corrected chi connectivity index (χ0v) is 14.1. The predicted molar refractivity (Wildman–Crippen MR) is 95.6 cm³/mol. The highest BCUT2D eigenvalue weighted by Crippen LogP contribution is 2.14. The van der Waals surface area contributed by atoms with Crippen LogP contribution in [0.4, 0.5) is 0 Å². The minimum atomic E-state index is 0.674. The van der Waals surface area contributed by atoms with Gasteiger partial charge in [0.05, 0.1) is 19.8 Å². The van der Waals surface area contributed by atoms with Crippen LogP contribution in [-0.4, -0.2) is 50.3 Å². The van der Waals surface area contributed by atoms with Crippen LogP contribution in [0.15, 0.2) is 41.9 Å². The van der Waals surface area contributed by atoms with Crippen LogP contribution in [-0.2, 0) is 17.8 Å². The highest BCUT2D eigenvalue weighted by Gasteiger charge is 2.12. The Kier molecular flexibility index (Phi) is 7.63. The van der Waals surface area contributed by atoms with Crippen molar-refractivity contribution in [1.29, 1.82) is 0 Å². The van der Waals surface area contributed by atoms with Crippen molar-refractivity contribution in [2.45, 2.75) is 20.0 Å². The second kappa shape index (κ2) is 10.0. The van der Waals surface area contributed by atoms with Gasteiger partial charge in [-0.05, 0) is 18.1 Å². The van der Waals surface area contributed by atoms with E-state index in [2.05, 4.69) is 58.3 Å². The van der Waals surface area contributed by atoms with E-state index in [4.69, 9.17) is 4.74 Å². The summed E-state index contributed by atoms with van der Waals surface area (Å²) in [6.07, 6.45) is 1.83. The first-order chi connectivity index (χ1) is 11.3. The Morgan fingerprint density at radius 2 is 2.00 bits per heavy atom. The van der Waals surface area contributed by atoms with Gasteiger partial charge >= 0.3 is 0 Å². The first kappa shape index (κ1) is 17.5. The second-order valence-corrected chi connectivity index (χ2v) is 5.52. The number of guanidine groups is 1. The molecule has 0 unspecified atom stereocenters. The van der Waals surface area contributed by atoms with Crippen LogP contribution in [0.3, 0.4) is 0 Å². The van der Waals surface area contributed by atoms with E-state index >= 15 is 0 Å². The van der Waals surface area contributed by atoms with Crippen LogP contribution in [0.5, 0.6) is 0 Å². The van der Waals surface area contributed by atoms with Gasteiger partial charge < -0.3 is 15.4 Å². The first-order valence-corrected chi connectivity index (χ1v) is 8.33. The molecular weight excluding hydrogens is 288 g/mol. The number of benzene rings is 1. The molecule has 126 valence electrons. The van der Waals surface area contributed by atoms with Gasteiger partial charge in [0, 0.05) is 32.7 Å². The van der Waals surface area contributed by atoms with E-state index in [0.717, 1.165) is 45.4 Å². The molecule has 0 radical (unpaired) electrons. The summed E-state index contributed by atoms with van der Waals surface area (Å²) in [5, 5.41) is 6.49. The van der Waals surface area contributed by atoms with Crippen LogP contribution >= 0.6 is 0 Å². The fourth-order valence-electron chi connectivity index (χ4n) is 2.54. The summed E-state index contributed by atoms with van der Waals surface area (Å²) in [5.74, 6) is 0.827. The number of hydrogen-bond acceptors (Lipinski definition) is 3. The molecule has 0 bridgehead atoms. The fourth-order valence-corrected chi connectivity index (χ4v) is 2.54. The van der Waals surface area contributed by atoms with Gasteiger partial charge in [-0.15, -0.1) is 6.58 Å². The quantitative estimate of drug-likeness (QED) is 0.457. The minimum absolute atomic E-state index is 0.674. The number of rotatable bonds is 7. The second-order valence-electron chi connectivity index (χ2n) is 5.52. The van der Waals surface area contributed by atoms with E-state index in [0.29, 0.717) is 13.1 Å². The van der Waals surface area contributed by atoms with E-state index < -0.39 is 0 Å². The van der Waals surface area contributed by atoms with E-state index in [9.17, 15) is 0 Å². The molecule has 0 saturated carbocycles. The number of hydrogen-bond donors (Lipinski definition) is 2. The number of morpholine rings is 1. The third kappa shape index (κ3) is 6.04. The largest absolute Gasteiger partial charge is 0.379 e. The summed E-state index contributed by atoms with van der Waals surface area (Å²) in [7, 11) is 0. The molecule has 1 aromatic carbocycles. The third-order valence-electron chi connectivity index (χ3n) is 3.78. The smallest absolute Gasteiger partial charge is 0.191 e. The van der Waals surface area contributed by atoms with Gasteiger partial charge in [-0.1, -0.05) is 30.3 Å². The predicted octanol–water partition coefficient (Wildman–Crippen LogP) is 1.76. The van der Waals surface area contributed by atoms with Crippen molar-refractivity contribution in [1.82, 2.24) is 15.5 Å². The average molecular weight is 316 g/mol. The molecule has 0 atom stereocenters. The van der Waals surface area contributed by atoms with E-state index in [1.54, 1.807) is 0 Å².